The van der Waals surface area contributed by atoms with Crippen LogP contribution in [0.3, 0.4) is 0 Å². The number of aliphatic carboxylic acids is 1. The number of carboxylic acids is 1. The number of amides is 1. The van der Waals surface area contributed by atoms with Crippen LogP contribution < -0.4 is 10.4 Å². The highest BCUT2D eigenvalue weighted by Gasteiger charge is 2.32. The summed E-state index contributed by atoms with van der Waals surface area (Å²) in [6, 6.07) is 4.33. The second kappa shape index (κ2) is 7.19. The summed E-state index contributed by atoms with van der Waals surface area (Å²) in [4.78, 5) is 37.8. The molecule has 1 aliphatic rings. The molecule has 0 aliphatic carbocycles. The number of hydrogen-bond acceptors (Lipinski definition) is 5. The van der Waals surface area contributed by atoms with Crippen molar-refractivity contribution in [3.8, 4) is 5.75 Å². The maximum atomic E-state index is 12.7. The third-order valence-electron chi connectivity index (χ3n) is 4.93. The summed E-state index contributed by atoms with van der Waals surface area (Å²) < 4.78 is 10.5. The first-order valence-corrected chi connectivity index (χ1v) is 8.55. The van der Waals surface area contributed by atoms with Gasteiger partial charge >= 0.3 is 11.6 Å². The Morgan fingerprint density at radius 2 is 2.12 bits per heavy atom. The van der Waals surface area contributed by atoms with Gasteiger partial charge in [0.2, 0.25) is 5.91 Å². The highest BCUT2D eigenvalue weighted by molar-refractivity contribution is 5.87. The van der Waals surface area contributed by atoms with Crippen molar-refractivity contribution in [2.75, 3.05) is 13.7 Å². The third-order valence-corrected chi connectivity index (χ3v) is 4.93. The third kappa shape index (κ3) is 3.29. The van der Waals surface area contributed by atoms with Crippen LogP contribution in [-0.2, 0) is 16.0 Å². The van der Waals surface area contributed by atoms with Gasteiger partial charge in [0.25, 0.3) is 0 Å². The first-order chi connectivity index (χ1) is 12.4. The molecule has 1 fully saturated rings. The van der Waals surface area contributed by atoms with Gasteiger partial charge < -0.3 is 19.2 Å². The van der Waals surface area contributed by atoms with E-state index in [1.54, 1.807) is 25.1 Å². The van der Waals surface area contributed by atoms with E-state index in [9.17, 15) is 19.5 Å². The van der Waals surface area contributed by atoms with Gasteiger partial charge in [-0.05, 0) is 43.9 Å². The Kier molecular flexibility index (Phi) is 4.97. The normalized spacial score (nSPS) is 17.3. The minimum Gasteiger partial charge on any atom is -0.497 e. The van der Waals surface area contributed by atoms with Gasteiger partial charge in [-0.3, -0.25) is 4.79 Å². The number of carboxylic acid groups (broad SMARTS) is 1. The van der Waals surface area contributed by atoms with Crippen molar-refractivity contribution in [3.05, 3.63) is 39.7 Å². The Labute approximate surface area is 150 Å². The summed E-state index contributed by atoms with van der Waals surface area (Å²) in [6.07, 6.45) is 1.81. The smallest absolute Gasteiger partial charge is 0.340 e. The molecule has 1 N–H and O–H groups in total. The lowest BCUT2D eigenvalue weighted by molar-refractivity contribution is -0.151. The predicted molar refractivity (Wildman–Crippen MR) is 94.5 cm³/mol. The molecule has 7 nitrogen and oxygen atoms in total. The number of ether oxygens (including phenoxy) is 1. The van der Waals surface area contributed by atoms with E-state index in [2.05, 4.69) is 0 Å². The summed E-state index contributed by atoms with van der Waals surface area (Å²) in [5.74, 6) is -0.797. The van der Waals surface area contributed by atoms with E-state index in [1.807, 2.05) is 0 Å². The molecule has 0 saturated carbocycles. The van der Waals surface area contributed by atoms with Gasteiger partial charge in [0.1, 0.15) is 17.4 Å². The van der Waals surface area contributed by atoms with Crippen LogP contribution in [-0.4, -0.2) is 41.6 Å². The number of benzene rings is 1. The van der Waals surface area contributed by atoms with Crippen molar-refractivity contribution in [2.24, 2.45) is 0 Å². The topological polar surface area (TPSA) is 97.0 Å². The summed E-state index contributed by atoms with van der Waals surface area (Å²) in [5, 5.41) is 10.1. The van der Waals surface area contributed by atoms with Crippen LogP contribution in [0.4, 0.5) is 0 Å². The van der Waals surface area contributed by atoms with E-state index < -0.39 is 17.6 Å². The fraction of sp³-hybridized carbons (Fsp3) is 0.421. The Hall–Kier alpha value is -2.83. The number of aryl methyl sites for hydroxylation is 1. The summed E-state index contributed by atoms with van der Waals surface area (Å²) in [6.45, 7) is 2.16. The van der Waals surface area contributed by atoms with Crippen LogP contribution in [0.25, 0.3) is 11.0 Å². The van der Waals surface area contributed by atoms with Gasteiger partial charge in [0.15, 0.2) is 0 Å². The Morgan fingerprint density at radius 3 is 2.81 bits per heavy atom. The highest BCUT2D eigenvalue weighted by Crippen LogP contribution is 2.25. The van der Waals surface area contributed by atoms with Crippen molar-refractivity contribution in [3.63, 3.8) is 0 Å². The van der Waals surface area contributed by atoms with Crippen LogP contribution >= 0.6 is 0 Å². The number of hydrogen-bond donors (Lipinski definition) is 1. The Bertz CT molecular complexity index is 916. The Morgan fingerprint density at radius 1 is 1.35 bits per heavy atom. The van der Waals surface area contributed by atoms with Gasteiger partial charge in [0.05, 0.1) is 19.1 Å². The summed E-state index contributed by atoms with van der Waals surface area (Å²) in [5.41, 5.74) is 0.739. The van der Waals surface area contributed by atoms with Crippen LogP contribution in [0.5, 0.6) is 5.75 Å². The van der Waals surface area contributed by atoms with Gasteiger partial charge in [-0.1, -0.05) is 0 Å². The molecule has 0 spiro atoms. The summed E-state index contributed by atoms with van der Waals surface area (Å²) >= 11 is 0. The maximum Gasteiger partial charge on any atom is 0.340 e. The number of rotatable bonds is 4. The van der Waals surface area contributed by atoms with E-state index in [0.29, 0.717) is 29.9 Å². The molecule has 1 atom stereocenters. The lowest BCUT2D eigenvalue weighted by Gasteiger charge is -2.33. The van der Waals surface area contributed by atoms with Crippen molar-refractivity contribution >= 4 is 22.8 Å². The highest BCUT2D eigenvalue weighted by atomic mass is 16.5. The molecule has 3 rings (SSSR count). The monoisotopic (exact) mass is 359 g/mol. The molecule has 1 aromatic heterocycles. The molecule has 0 unspecified atom stereocenters. The Balaban J connectivity index is 1.94. The number of likely N-dealkylation sites (tertiary alicyclic amines) is 1. The molecule has 1 amide bonds. The van der Waals surface area contributed by atoms with E-state index in [4.69, 9.17) is 9.15 Å². The number of piperidine rings is 1. The summed E-state index contributed by atoms with van der Waals surface area (Å²) in [7, 11) is 1.52. The molecule has 2 heterocycles. The van der Waals surface area contributed by atoms with Gasteiger partial charge in [0, 0.05) is 18.0 Å². The molecule has 7 heteroatoms. The SMILES string of the molecule is COc1ccc2c(C)c(CC(=O)N3CCCC[C@H]3C(=O)O)c(=O)oc2c1. The zero-order valence-electron chi connectivity index (χ0n) is 14.8. The average Bonchev–Trinajstić information content (AvgIpc) is 2.64. The molecule has 0 bridgehead atoms. The maximum absolute atomic E-state index is 12.7. The number of nitrogens with zero attached hydrogens (tertiary/aromatic N) is 1. The lowest BCUT2D eigenvalue weighted by atomic mass is 9.99. The van der Waals surface area contributed by atoms with Crippen LogP contribution in [0.1, 0.15) is 30.4 Å². The van der Waals surface area contributed by atoms with Crippen LogP contribution in [0.15, 0.2) is 27.4 Å². The second-order valence-electron chi connectivity index (χ2n) is 6.47. The molecule has 1 saturated heterocycles. The lowest BCUT2D eigenvalue weighted by Crippen LogP contribution is -2.48. The van der Waals surface area contributed by atoms with Gasteiger partial charge in [-0.25, -0.2) is 9.59 Å². The van der Waals surface area contributed by atoms with E-state index in [0.717, 1.165) is 18.2 Å². The number of fused-ring (bicyclic) bond motifs is 1. The first kappa shape index (κ1) is 18.0. The fourth-order valence-corrected chi connectivity index (χ4v) is 3.45. The molecular weight excluding hydrogens is 338 g/mol. The van der Waals surface area contributed by atoms with Crippen molar-refractivity contribution in [1.82, 2.24) is 4.90 Å². The van der Waals surface area contributed by atoms with E-state index in [1.165, 1.54) is 12.0 Å². The van der Waals surface area contributed by atoms with Crippen molar-refractivity contribution in [2.45, 2.75) is 38.6 Å². The average molecular weight is 359 g/mol. The van der Waals surface area contributed by atoms with E-state index in [-0.39, 0.29) is 17.9 Å². The zero-order chi connectivity index (χ0) is 18.8. The molecule has 26 heavy (non-hydrogen) atoms. The number of methoxy groups -OCH3 is 1. The second-order valence-corrected chi connectivity index (χ2v) is 6.47. The van der Waals surface area contributed by atoms with Crippen molar-refractivity contribution < 1.29 is 23.8 Å². The van der Waals surface area contributed by atoms with Gasteiger partial charge in [-0.15, -0.1) is 0 Å². The fourth-order valence-electron chi connectivity index (χ4n) is 3.45. The first-order valence-electron chi connectivity index (χ1n) is 8.55. The molecule has 2 aromatic rings. The number of carbonyl (C=O) groups is 2. The molecule has 0 radical (unpaired) electrons. The quantitative estimate of drug-likeness (QED) is 0.840. The molecular formula is C19H21NO6. The minimum atomic E-state index is -1.01. The minimum absolute atomic E-state index is 0.167. The predicted octanol–water partition coefficient (Wildman–Crippen LogP) is 2.12. The number of carbonyl (C=O) groups excluding carboxylic acids is 1. The zero-order valence-corrected chi connectivity index (χ0v) is 14.8. The van der Waals surface area contributed by atoms with Crippen LogP contribution in [0.2, 0.25) is 0 Å². The van der Waals surface area contributed by atoms with E-state index >= 15 is 0 Å². The van der Waals surface area contributed by atoms with Crippen molar-refractivity contribution in [1.29, 1.82) is 0 Å². The van der Waals surface area contributed by atoms with Crippen LogP contribution in [0, 0.1) is 6.92 Å². The molecule has 138 valence electrons. The standard InChI is InChI=1S/C19H21NO6/c1-11-13-7-6-12(25-2)9-16(13)26-19(24)14(11)10-17(21)20-8-4-3-5-15(20)18(22)23/h6-7,9,15H,3-5,8,10H2,1-2H3,(H,22,23)/t15-/m0/s1. The molecule has 1 aliphatic heterocycles. The largest absolute Gasteiger partial charge is 0.497 e. The molecule has 1 aromatic carbocycles. The van der Waals surface area contributed by atoms with Gasteiger partial charge in [-0.2, -0.15) is 0 Å².